The number of aliphatic imine (C=N–C) groups is 1. The van der Waals surface area contributed by atoms with Crippen LogP contribution < -0.4 is 15.4 Å². The Bertz CT molecular complexity index is 747. The van der Waals surface area contributed by atoms with Gasteiger partial charge in [-0.3, -0.25) is 4.99 Å². The molecule has 0 saturated heterocycles. The van der Waals surface area contributed by atoms with Gasteiger partial charge >= 0.3 is 6.61 Å². The molecule has 2 rings (SSSR count). The summed E-state index contributed by atoms with van der Waals surface area (Å²) in [7, 11) is 1.53. The molecule has 1 aromatic heterocycles. The van der Waals surface area contributed by atoms with Gasteiger partial charge in [0.1, 0.15) is 11.6 Å². The van der Waals surface area contributed by atoms with Crippen LogP contribution in [0.4, 0.5) is 13.2 Å². The van der Waals surface area contributed by atoms with Gasteiger partial charge in [0.25, 0.3) is 0 Å². The Balaban J connectivity index is 1.96. The van der Waals surface area contributed by atoms with Crippen molar-refractivity contribution in [1.82, 2.24) is 15.8 Å². The van der Waals surface area contributed by atoms with E-state index in [0.29, 0.717) is 18.3 Å². The number of nitrogens with zero attached hydrogens (tertiary/aromatic N) is 2. The van der Waals surface area contributed by atoms with Crippen molar-refractivity contribution >= 4 is 5.96 Å². The molecule has 0 saturated carbocycles. The summed E-state index contributed by atoms with van der Waals surface area (Å²) in [5.74, 6) is 0.338. The maximum atomic E-state index is 13.9. The molecule has 0 amide bonds. The molecule has 0 spiro atoms. The number of alkyl halides is 2. The summed E-state index contributed by atoms with van der Waals surface area (Å²) >= 11 is 0. The zero-order valence-corrected chi connectivity index (χ0v) is 14.7. The summed E-state index contributed by atoms with van der Waals surface area (Å²) in [6.45, 7) is 1.21. The van der Waals surface area contributed by atoms with E-state index < -0.39 is 12.4 Å². The summed E-state index contributed by atoms with van der Waals surface area (Å²) in [5.41, 5.74) is 0.822. The molecular weight excluding hydrogens is 349 g/mol. The fourth-order valence-corrected chi connectivity index (χ4v) is 2.16. The zero-order valence-electron chi connectivity index (χ0n) is 14.7. The minimum atomic E-state index is -3.03. The predicted molar refractivity (Wildman–Crippen MR) is 90.7 cm³/mol. The van der Waals surface area contributed by atoms with Gasteiger partial charge in [0.15, 0.2) is 11.7 Å². The Labute approximate surface area is 149 Å². The number of ether oxygens (including phenoxy) is 1. The molecular formula is C17H21F3N4O2. The second kappa shape index (κ2) is 9.12. The van der Waals surface area contributed by atoms with E-state index in [1.54, 1.807) is 0 Å². The second-order valence-corrected chi connectivity index (χ2v) is 5.75. The van der Waals surface area contributed by atoms with Crippen LogP contribution in [0.25, 0.3) is 0 Å². The molecule has 0 aliphatic heterocycles. The SMILES string of the molecule is CN=C(NCc1cc(C(C)C)no1)NCc1c(F)cccc1OC(F)F. The molecule has 6 nitrogen and oxygen atoms in total. The van der Waals surface area contributed by atoms with E-state index in [9.17, 15) is 13.2 Å². The average molecular weight is 370 g/mol. The van der Waals surface area contributed by atoms with Gasteiger partial charge < -0.3 is 19.9 Å². The summed E-state index contributed by atoms with van der Waals surface area (Å²) in [6.07, 6.45) is 0. The molecule has 0 radical (unpaired) electrons. The standard InChI is InChI=1S/C17H21F3N4O2/c1-10(2)14-7-11(26-24-14)8-22-17(21-3)23-9-12-13(18)5-4-6-15(12)25-16(19)20/h4-7,10,16H,8-9H2,1-3H3,(H2,21,22,23). The van der Waals surface area contributed by atoms with Crippen molar-refractivity contribution < 1.29 is 22.4 Å². The summed E-state index contributed by atoms with van der Waals surface area (Å²) in [6, 6.07) is 5.59. The quantitative estimate of drug-likeness (QED) is 0.577. The molecule has 0 atom stereocenters. The van der Waals surface area contributed by atoms with Gasteiger partial charge in [0.05, 0.1) is 12.2 Å². The van der Waals surface area contributed by atoms with Crippen LogP contribution in [0.15, 0.2) is 33.8 Å². The highest BCUT2D eigenvalue weighted by atomic mass is 19.3. The molecule has 2 aromatic rings. The van der Waals surface area contributed by atoms with Crippen molar-refractivity contribution in [3.8, 4) is 5.75 Å². The van der Waals surface area contributed by atoms with Crippen LogP contribution in [0.5, 0.6) is 5.75 Å². The van der Waals surface area contributed by atoms with Crippen LogP contribution in [0.1, 0.15) is 36.8 Å². The average Bonchev–Trinajstić information content (AvgIpc) is 3.05. The predicted octanol–water partition coefficient (Wildman–Crippen LogP) is 3.40. The minimum Gasteiger partial charge on any atom is -0.434 e. The molecule has 0 aliphatic carbocycles. The van der Waals surface area contributed by atoms with Crippen molar-refractivity contribution in [3.63, 3.8) is 0 Å². The van der Waals surface area contributed by atoms with Crippen LogP contribution in [0, 0.1) is 5.82 Å². The molecule has 0 aliphatic rings. The van der Waals surface area contributed by atoms with Crippen LogP contribution >= 0.6 is 0 Å². The van der Waals surface area contributed by atoms with Crippen LogP contribution in [-0.2, 0) is 13.1 Å². The first-order valence-corrected chi connectivity index (χ1v) is 8.03. The largest absolute Gasteiger partial charge is 0.434 e. The van der Waals surface area contributed by atoms with Crippen molar-refractivity contribution in [2.75, 3.05) is 7.05 Å². The van der Waals surface area contributed by atoms with Gasteiger partial charge in [-0.25, -0.2) is 4.39 Å². The molecule has 0 unspecified atom stereocenters. The van der Waals surface area contributed by atoms with Crippen LogP contribution in [-0.4, -0.2) is 24.8 Å². The lowest BCUT2D eigenvalue weighted by Gasteiger charge is -2.14. The maximum Gasteiger partial charge on any atom is 0.387 e. The third-order valence-corrected chi connectivity index (χ3v) is 3.55. The van der Waals surface area contributed by atoms with E-state index in [4.69, 9.17) is 4.52 Å². The third kappa shape index (κ3) is 5.40. The van der Waals surface area contributed by atoms with E-state index in [-0.39, 0.29) is 23.8 Å². The highest BCUT2D eigenvalue weighted by molar-refractivity contribution is 5.79. The lowest BCUT2D eigenvalue weighted by Crippen LogP contribution is -2.36. The number of hydrogen-bond donors (Lipinski definition) is 2. The molecule has 0 bridgehead atoms. The number of benzene rings is 1. The first kappa shape index (κ1) is 19.6. The van der Waals surface area contributed by atoms with Crippen molar-refractivity contribution in [3.05, 3.63) is 47.1 Å². The van der Waals surface area contributed by atoms with Gasteiger partial charge in [-0.2, -0.15) is 8.78 Å². The van der Waals surface area contributed by atoms with Crippen molar-refractivity contribution in [1.29, 1.82) is 0 Å². The number of rotatable bonds is 7. The van der Waals surface area contributed by atoms with Crippen LogP contribution in [0.2, 0.25) is 0 Å². The lowest BCUT2D eigenvalue weighted by molar-refractivity contribution is -0.0506. The van der Waals surface area contributed by atoms with E-state index in [2.05, 4.69) is 25.5 Å². The molecule has 26 heavy (non-hydrogen) atoms. The summed E-state index contributed by atoms with van der Waals surface area (Å²) in [4.78, 5) is 4.00. The smallest absolute Gasteiger partial charge is 0.387 e. The minimum absolute atomic E-state index is 0.0162. The van der Waals surface area contributed by atoms with E-state index in [1.807, 2.05) is 19.9 Å². The van der Waals surface area contributed by atoms with E-state index in [1.165, 1.54) is 25.2 Å². The molecule has 1 aromatic carbocycles. The van der Waals surface area contributed by atoms with E-state index >= 15 is 0 Å². The first-order valence-electron chi connectivity index (χ1n) is 8.03. The monoisotopic (exact) mass is 370 g/mol. The zero-order chi connectivity index (χ0) is 19.1. The van der Waals surface area contributed by atoms with Crippen LogP contribution in [0.3, 0.4) is 0 Å². The van der Waals surface area contributed by atoms with E-state index in [0.717, 1.165) is 5.69 Å². The van der Waals surface area contributed by atoms with Gasteiger partial charge in [0.2, 0.25) is 0 Å². The number of nitrogens with one attached hydrogen (secondary N) is 2. The molecule has 142 valence electrons. The topological polar surface area (TPSA) is 71.7 Å². The van der Waals surface area contributed by atoms with Gasteiger partial charge in [-0.15, -0.1) is 0 Å². The lowest BCUT2D eigenvalue weighted by atomic mass is 10.1. The summed E-state index contributed by atoms with van der Waals surface area (Å²) in [5, 5.41) is 9.78. The Morgan fingerprint density at radius 3 is 2.62 bits per heavy atom. The molecule has 9 heteroatoms. The Morgan fingerprint density at radius 1 is 1.27 bits per heavy atom. The summed E-state index contributed by atoms with van der Waals surface area (Å²) < 4.78 is 48.4. The number of aromatic nitrogens is 1. The fourth-order valence-electron chi connectivity index (χ4n) is 2.16. The first-order chi connectivity index (χ1) is 12.4. The molecule has 0 fully saturated rings. The maximum absolute atomic E-state index is 13.9. The number of guanidine groups is 1. The van der Waals surface area contributed by atoms with Crippen molar-refractivity contribution in [2.45, 2.75) is 39.5 Å². The van der Waals surface area contributed by atoms with Gasteiger partial charge in [-0.05, 0) is 18.1 Å². The molecule has 1 heterocycles. The fraction of sp³-hybridized carbons (Fsp3) is 0.412. The van der Waals surface area contributed by atoms with Gasteiger partial charge in [-0.1, -0.05) is 25.1 Å². The highest BCUT2D eigenvalue weighted by Gasteiger charge is 2.14. The highest BCUT2D eigenvalue weighted by Crippen LogP contribution is 2.23. The second-order valence-electron chi connectivity index (χ2n) is 5.75. The Kier molecular flexibility index (Phi) is 6.88. The molecule has 2 N–H and O–H groups in total. The third-order valence-electron chi connectivity index (χ3n) is 3.55. The number of hydrogen-bond acceptors (Lipinski definition) is 4. The Hall–Kier alpha value is -2.71. The Morgan fingerprint density at radius 2 is 2.00 bits per heavy atom. The number of halogens is 3. The van der Waals surface area contributed by atoms with Gasteiger partial charge in [0, 0.05) is 25.2 Å². The van der Waals surface area contributed by atoms with Crippen molar-refractivity contribution in [2.24, 2.45) is 4.99 Å². The normalized spacial score (nSPS) is 11.9.